The first-order valence-electron chi connectivity index (χ1n) is 10.5. The molecule has 4 nitrogen and oxygen atoms in total. The lowest BCUT2D eigenvalue weighted by atomic mass is 10.0. The van der Waals surface area contributed by atoms with Gasteiger partial charge in [0.15, 0.2) is 0 Å². The molecule has 5 heteroatoms. The minimum Gasteiger partial charge on any atom is -0.350 e. The fourth-order valence-corrected chi connectivity index (χ4v) is 3.57. The van der Waals surface area contributed by atoms with Gasteiger partial charge in [-0.15, -0.1) is 0 Å². The molecule has 0 aliphatic heterocycles. The van der Waals surface area contributed by atoms with E-state index in [0.29, 0.717) is 31.0 Å². The third kappa shape index (κ3) is 6.69. The summed E-state index contributed by atoms with van der Waals surface area (Å²) < 4.78 is 0. The van der Waals surface area contributed by atoms with Crippen LogP contribution < -0.4 is 5.32 Å². The zero-order valence-electron chi connectivity index (χ0n) is 17.6. The summed E-state index contributed by atoms with van der Waals surface area (Å²) in [6.07, 6.45) is 0.769. The molecule has 3 aromatic rings. The van der Waals surface area contributed by atoms with E-state index in [1.54, 1.807) is 17.0 Å². The number of halogens is 1. The molecule has 0 aromatic heterocycles. The normalized spacial score (nSPS) is 11.5. The minimum absolute atomic E-state index is 0.0641. The Morgan fingerprint density at radius 3 is 2.00 bits per heavy atom. The zero-order chi connectivity index (χ0) is 22.1. The number of nitrogens with zero attached hydrogens (tertiary/aromatic N) is 1. The maximum Gasteiger partial charge on any atom is 0.243 e. The highest BCUT2D eigenvalue weighted by Crippen LogP contribution is 2.17. The van der Waals surface area contributed by atoms with Gasteiger partial charge in [-0.1, -0.05) is 91.3 Å². The van der Waals surface area contributed by atoms with Crippen molar-refractivity contribution in [2.45, 2.75) is 38.9 Å². The number of rotatable bonds is 9. The molecule has 0 radical (unpaired) electrons. The number of hydrogen-bond donors (Lipinski definition) is 1. The lowest BCUT2D eigenvalue weighted by Gasteiger charge is -2.31. The van der Waals surface area contributed by atoms with Gasteiger partial charge in [-0.3, -0.25) is 9.59 Å². The molecule has 160 valence electrons. The summed E-state index contributed by atoms with van der Waals surface area (Å²) in [6.45, 7) is 2.58. The van der Waals surface area contributed by atoms with E-state index in [1.165, 1.54) is 0 Å². The summed E-state index contributed by atoms with van der Waals surface area (Å²) in [5.74, 6) is -0.228. The summed E-state index contributed by atoms with van der Waals surface area (Å²) in [7, 11) is 0. The molecule has 0 fully saturated rings. The van der Waals surface area contributed by atoms with Crippen molar-refractivity contribution in [3.63, 3.8) is 0 Å². The first-order chi connectivity index (χ1) is 15.1. The Bertz CT molecular complexity index is 975. The number of nitrogens with one attached hydrogen (secondary N) is 1. The van der Waals surface area contributed by atoms with E-state index in [0.717, 1.165) is 16.7 Å². The SMILES string of the molecule is CCC(=O)N(Cc1ccc(Cl)cc1)[C@@H](Cc1ccccc1)C(=O)NCc1ccccc1. The van der Waals surface area contributed by atoms with Gasteiger partial charge in [0.2, 0.25) is 11.8 Å². The molecular weight excluding hydrogens is 408 g/mol. The van der Waals surface area contributed by atoms with E-state index < -0.39 is 6.04 Å². The van der Waals surface area contributed by atoms with Gasteiger partial charge < -0.3 is 10.2 Å². The molecule has 2 amide bonds. The van der Waals surface area contributed by atoms with Gasteiger partial charge in [-0.25, -0.2) is 0 Å². The largest absolute Gasteiger partial charge is 0.350 e. The van der Waals surface area contributed by atoms with Crippen LogP contribution in [0, 0.1) is 0 Å². The summed E-state index contributed by atoms with van der Waals surface area (Å²) in [6, 6.07) is 26.3. The molecule has 0 unspecified atom stereocenters. The van der Waals surface area contributed by atoms with Crippen molar-refractivity contribution in [3.8, 4) is 0 Å². The van der Waals surface area contributed by atoms with Gasteiger partial charge >= 0.3 is 0 Å². The van der Waals surface area contributed by atoms with E-state index >= 15 is 0 Å². The Labute approximate surface area is 188 Å². The van der Waals surface area contributed by atoms with Crippen molar-refractivity contribution in [2.75, 3.05) is 0 Å². The fraction of sp³-hybridized carbons (Fsp3) is 0.231. The van der Waals surface area contributed by atoms with Crippen LogP contribution in [0.15, 0.2) is 84.9 Å². The Morgan fingerprint density at radius 1 is 0.839 bits per heavy atom. The number of carbonyl (C=O) groups is 2. The van der Waals surface area contributed by atoms with Gasteiger partial charge in [0.25, 0.3) is 0 Å². The van der Waals surface area contributed by atoms with Crippen LogP contribution in [-0.4, -0.2) is 22.8 Å². The molecule has 0 spiro atoms. The summed E-state index contributed by atoms with van der Waals surface area (Å²) >= 11 is 6.01. The van der Waals surface area contributed by atoms with Gasteiger partial charge in [-0.2, -0.15) is 0 Å². The average Bonchev–Trinajstić information content (AvgIpc) is 2.82. The molecule has 0 aliphatic rings. The molecule has 0 heterocycles. The van der Waals surface area contributed by atoms with Crippen LogP contribution in [0.3, 0.4) is 0 Å². The molecular formula is C26H27ClN2O2. The second-order valence-corrected chi connectivity index (χ2v) is 7.85. The summed E-state index contributed by atoms with van der Waals surface area (Å²) in [5, 5.41) is 3.66. The Hall–Kier alpha value is -3.11. The topological polar surface area (TPSA) is 49.4 Å². The van der Waals surface area contributed by atoms with Crippen molar-refractivity contribution in [2.24, 2.45) is 0 Å². The molecule has 0 aliphatic carbocycles. The Morgan fingerprint density at radius 2 is 1.42 bits per heavy atom. The average molecular weight is 435 g/mol. The molecule has 0 saturated heterocycles. The van der Waals surface area contributed by atoms with Crippen molar-refractivity contribution >= 4 is 23.4 Å². The van der Waals surface area contributed by atoms with Gasteiger partial charge in [0.05, 0.1) is 0 Å². The first kappa shape index (κ1) is 22.6. The maximum atomic E-state index is 13.3. The van der Waals surface area contributed by atoms with Crippen LogP contribution in [0.2, 0.25) is 5.02 Å². The smallest absolute Gasteiger partial charge is 0.243 e. The number of benzene rings is 3. The summed E-state index contributed by atoms with van der Waals surface area (Å²) in [4.78, 5) is 27.9. The van der Waals surface area contributed by atoms with Gasteiger partial charge in [0.1, 0.15) is 6.04 Å². The second kappa shape index (κ2) is 11.3. The third-order valence-electron chi connectivity index (χ3n) is 5.15. The number of amides is 2. The highest BCUT2D eigenvalue weighted by atomic mass is 35.5. The molecule has 0 bridgehead atoms. The highest BCUT2D eigenvalue weighted by Gasteiger charge is 2.29. The Kier molecular flexibility index (Phi) is 8.25. The maximum absolute atomic E-state index is 13.3. The standard InChI is InChI=1S/C26H27ClN2O2/c1-2-25(30)29(19-22-13-15-23(27)16-14-22)24(17-20-9-5-3-6-10-20)26(31)28-18-21-11-7-4-8-12-21/h3-16,24H,2,17-19H2,1H3,(H,28,31)/t24-/m0/s1. The predicted molar refractivity (Wildman–Crippen MR) is 125 cm³/mol. The van der Waals surface area contributed by atoms with Crippen LogP contribution in [0.25, 0.3) is 0 Å². The van der Waals surface area contributed by atoms with Crippen LogP contribution in [0.5, 0.6) is 0 Å². The molecule has 1 atom stereocenters. The van der Waals surface area contributed by atoms with Crippen LogP contribution in [0.1, 0.15) is 30.0 Å². The first-order valence-corrected chi connectivity index (χ1v) is 10.8. The summed E-state index contributed by atoms with van der Waals surface area (Å²) in [5.41, 5.74) is 2.95. The van der Waals surface area contributed by atoms with Crippen molar-refractivity contribution in [1.82, 2.24) is 10.2 Å². The minimum atomic E-state index is -0.616. The molecule has 3 rings (SSSR count). The third-order valence-corrected chi connectivity index (χ3v) is 5.40. The molecule has 31 heavy (non-hydrogen) atoms. The quantitative estimate of drug-likeness (QED) is 0.514. The van der Waals surface area contributed by atoms with Crippen molar-refractivity contribution in [1.29, 1.82) is 0 Å². The highest BCUT2D eigenvalue weighted by molar-refractivity contribution is 6.30. The second-order valence-electron chi connectivity index (χ2n) is 7.41. The number of carbonyl (C=O) groups excluding carboxylic acids is 2. The monoisotopic (exact) mass is 434 g/mol. The predicted octanol–water partition coefficient (Wildman–Crippen LogP) is 5.01. The van der Waals surface area contributed by atoms with E-state index in [1.807, 2.05) is 79.7 Å². The van der Waals surface area contributed by atoms with Crippen molar-refractivity contribution in [3.05, 3.63) is 107 Å². The fourth-order valence-electron chi connectivity index (χ4n) is 3.45. The van der Waals surface area contributed by atoms with Gasteiger partial charge in [0, 0.05) is 31.0 Å². The lowest BCUT2D eigenvalue weighted by molar-refractivity contribution is -0.141. The van der Waals surface area contributed by atoms with Gasteiger partial charge in [-0.05, 0) is 28.8 Å². The lowest BCUT2D eigenvalue weighted by Crippen LogP contribution is -2.50. The number of hydrogen-bond acceptors (Lipinski definition) is 2. The van der Waals surface area contributed by atoms with E-state index in [9.17, 15) is 9.59 Å². The Balaban J connectivity index is 1.85. The molecule has 1 N–H and O–H groups in total. The van der Waals surface area contributed by atoms with E-state index in [4.69, 9.17) is 11.6 Å². The van der Waals surface area contributed by atoms with E-state index in [2.05, 4.69) is 5.32 Å². The van der Waals surface area contributed by atoms with E-state index in [-0.39, 0.29) is 11.8 Å². The zero-order valence-corrected chi connectivity index (χ0v) is 18.4. The van der Waals surface area contributed by atoms with Crippen molar-refractivity contribution < 1.29 is 9.59 Å². The van der Waals surface area contributed by atoms with Crippen LogP contribution in [-0.2, 0) is 29.1 Å². The van der Waals surface area contributed by atoms with Crippen LogP contribution in [0.4, 0.5) is 0 Å². The molecule has 3 aromatic carbocycles. The molecule has 0 saturated carbocycles. The van der Waals surface area contributed by atoms with Crippen LogP contribution >= 0.6 is 11.6 Å².